The van der Waals surface area contributed by atoms with Crippen LogP contribution in [0, 0.1) is 0 Å². The maximum atomic E-state index is 11.8. The van der Waals surface area contributed by atoms with E-state index in [1.807, 2.05) is 24.4 Å². The standard InChI is InChI=1S/C21H24N2O2/c1-14(23-15(2)16-7-5-4-6-8-16)11-18-13-22-20-10-9-17(12-19(18)20)21(24)25-3/h4-10,12-15,22-23H,11H2,1-3H3. The van der Waals surface area contributed by atoms with Gasteiger partial charge in [0.05, 0.1) is 12.7 Å². The molecule has 0 saturated heterocycles. The molecule has 4 heteroatoms. The molecule has 2 unspecified atom stereocenters. The van der Waals surface area contributed by atoms with Crippen molar-refractivity contribution < 1.29 is 9.53 Å². The first kappa shape index (κ1) is 17.2. The molecule has 3 rings (SSSR count). The van der Waals surface area contributed by atoms with E-state index in [4.69, 9.17) is 4.74 Å². The SMILES string of the molecule is COC(=O)c1ccc2[nH]cc(CC(C)NC(C)c3ccccc3)c2c1. The Balaban J connectivity index is 1.74. The van der Waals surface area contributed by atoms with Gasteiger partial charge in [0.15, 0.2) is 0 Å². The normalized spacial score (nSPS) is 13.6. The van der Waals surface area contributed by atoms with Gasteiger partial charge in [-0.05, 0) is 49.6 Å². The minimum Gasteiger partial charge on any atom is -0.465 e. The number of hydrogen-bond donors (Lipinski definition) is 2. The maximum Gasteiger partial charge on any atom is 0.337 e. The summed E-state index contributed by atoms with van der Waals surface area (Å²) in [5.41, 5.74) is 4.09. The van der Waals surface area contributed by atoms with Gasteiger partial charge < -0.3 is 15.0 Å². The van der Waals surface area contributed by atoms with Gasteiger partial charge in [-0.25, -0.2) is 4.79 Å². The number of benzene rings is 2. The predicted molar refractivity (Wildman–Crippen MR) is 101 cm³/mol. The second-order valence-electron chi connectivity index (χ2n) is 6.47. The molecule has 2 N–H and O–H groups in total. The third kappa shape index (κ3) is 3.91. The summed E-state index contributed by atoms with van der Waals surface area (Å²) in [6.45, 7) is 4.36. The summed E-state index contributed by atoms with van der Waals surface area (Å²) >= 11 is 0. The largest absolute Gasteiger partial charge is 0.465 e. The first-order valence-corrected chi connectivity index (χ1v) is 8.58. The summed E-state index contributed by atoms with van der Waals surface area (Å²) in [4.78, 5) is 15.1. The number of nitrogens with one attached hydrogen (secondary N) is 2. The Morgan fingerprint density at radius 1 is 1.16 bits per heavy atom. The van der Waals surface area contributed by atoms with Crippen molar-refractivity contribution in [3.05, 3.63) is 71.4 Å². The lowest BCUT2D eigenvalue weighted by Crippen LogP contribution is -2.30. The van der Waals surface area contributed by atoms with Crippen LogP contribution in [-0.4, -0.2) is 24.1 Å². The molecule has 2 aromatic carbocycles. The molecule has 25 heavy (non-hydrogen) atoms. The zero-order valence-electron chi connectivity index (χ0n) is 14.9. The van der Waals surface area contributed by atoms with Crippen molar-refractivity contribution in [2.45, 2.75) is 32.4 Å². The Labute approximate surface area is 148 Å². The third-order valence-electron chi connectivity index (χ3n) is 4.55. The van der Waals surface area contributed by atoms with Crippen LogP contribution in [0.15, 0.2) is 54.7 Å². The van der Waals surface area contributed by atoms with E-state index in [2.05, 4.69) is 48.4 Å². The van der Waals surface area contributed by atoms with Crippen LogP contribution >= 0.6 is 0 Å². The number of aromatic amines is 1. The van der Waals surface area contributed by atoms with Crippen LogP contribution in [-0.2, 0) is 11.2 Å². The molecule has 0 amide bonds. The van der Waals surface area contributed by atoms with E-state index < -0.39 is 0 Å². The molecular formula is C21H24N2O2. The number of methoxy groups -OCH3 is 1. The molecule has 0 aliphatic rings. The van der Waals surface area contributed by atoms with E-state index in [0.29, 0.717) is 11.6 Å². The monoisotopic (exact) mass is 336 g/mol. The van der Waals surface area contributed by atoms with Crippen molar-refractivity contribution in [3.63, 3.8) is 0 Å². The molecular weight excluding hydrogens is 312 g/mol. The first-order valence-electron chi connectivity index (χ1n) is 8.58. The molecule has 3 aromatic rings. The Morgan fingerprint density at radius 2 is 1.92 bits per heavy atom. The lowest BCUT2D eigenvalue weighted by molar-refractivity contribution is 0.0601. The number of ether oxygens (including phenoxy) is 1. The van der Waals surface area contributed by atoms with Crippen molar-refractivity contribution in [1.82, 2.24) is 10.3 Å². The lowest BCUT2D eigenvalue weighted by atomic mass is 10.0. The number of fused-ring (bicyclic) bond motifs is 1. The number of rotatable bonds is 6. The fraction of sp³-hybridized carbons (Fsp3) is 0.286. The molecule has 130 valence electrons. The second-order valence-corrected chi connectivity index (χ2v) is 6.47. The molecule has 0 aliphatic heterocycles. The Bertz CT molecular complexity index is 855. The molecule has 1 aromatic heterocycles. The van der Waals surface area contributed by atoms with E-state index in [1.54, 1.807) is 6.07 Å². The Kier molecular flexibility index (Phi) is 5.19. The number of H-pyrrole nitrogens is 1. The van der Waals surface area contributed by atoms with Gasteiger partial charge in [0.25, 0.3) is 0 Å². The summed E-state index contributed by atoms with van der Waals surface area (Å²) in [5, 5.41) is 4.72. The molecule has 0 bridgehead atoms. The average molecular weight is 336 g/mol. The van der Waals surface area contributed by atoms with Gasteiger partial charge in [0, 0.05) is 29.2 Å². The van der Waals surface area contributed by atoms with Crippen molar-refractivity contribution >= 4 is 16.9 Å². The molecule has 1 heterocycles. The van der Waals surface area contributed by atoms with Gasteiger partial charge in [0.2, 0.25) is 0 Å². The molecule has 0 fully saturated rings. The Morgan fingerprint density at radius 3 is 2.64 bits per heavy atom. The van der Waals surface area contributed by atoms with Crippen LogP contribution in [0.25, 0.3) is 10.9 Å². The quantitative estimate of drug-likeness (QED) is 0.662. The Hall–Kier alpha value is -2.59. The van der Waals surface area contributed by atoms with Crippen molar-refractivity contribution in [1.29, 1.82) is 0 Å². The predicted octanol–water partition coefficient (Wildman–Crippen LogP) is 4.24. The van der Waals surface area contributed by atoms with Gasteiger partial charge in [-0.2, -0.15) is 0 Å². The highest BCUT2D eigenvalue weighted by molar-refractivity contribution is 5.95. The van der Waals surface area contributed by atoms with Crippen LogP contribution in [0.2, 0.25) is 0 Å². The highest BCUT2D eigenvalue weighted by atomic mass is 16.5. The number of esters is 1. The van der Waals surface area contributed by atoms with E-state index in [-0.39, 0.29) is 12.0 Å². The summed E-state index contributed by atoms with van der Waals surface area (Å²) in [7, 11) is 1.40. The molecule has 4 nitrogen and oxygen atoms in total. The van der Waals surface area contributed by atoms with Crippen LogP contribution in [0.3, 0.4) is 0 Å². The van der Waals surface area contributed by atoms with Gasteiger partial charge >= 0.3 is 5.97 Å². The summed E-state index contributed by atoms with van der Waals surface area (Å²) in [6, 6.07) is 16.6. The number of carbonyl (C=O) groups is 1. The average Bonchev–Trinajstić information content (AvgIpc) is 3.03. The van der Waals surface area contributed by atoms with Crippen LogP contribution < -0.4 is 5.32 Å². The lowest BCUT2D eigenvalue weighted by Gasteiger charge is -2.20. The summed E-state index contributed by atoms with van der Waals surface area (Å²) in [5.74, 6) is -0.307. The second kappa shape index (κ2) is 7.53. The molecule has 0 aliphatic carbocycles. The zero-order valence-corrected chi connectivity index (χ0v) is 14.9. The molecule has 0 radical (unpaired) electrons. The first-order chi connectivity index (χ1) is 12.1. The molecule has 0 spiro atoms. The number of hydrogen-bond acceptors (Lipinski definition) is 3. The van der Waals surface area contributed by atoms with Gasteiger partial charge in [-0.15, -0.1) is 0 Å². The van der Waals surface area contributed by atoms with E-state index in [1.165, 1.54) is 18.2 Å². The summed E-state index contributed by atoms with van der Waals surface area (Å²) < 4.78 is 4.82. The van der Waals surface area contributed by atoms with E-state index >= 15 is 0 Å². The third-order valence-corrected chi connectivity index (χ3v) is 4.55. The van der Waals surface area contributed by atoms with Crippen LogP contribution in [0.4, 0.5) is 0 Å². The van der Waals surface area contributed by atoms with Crippen molar-refractivity contribution in [2.75, 3.05) is 7.11 Å². The maximum absolute atomic E-state index is 11.8. The summed E-state index contributed by atoms with van der Waals surface area (Å²) in [6.07, 6.45) is 2.90. The van der Waals surface area contributed by atoms with E-state index in [9.17, 15) is 4.79 Å². The smallest absolute Gasteiger partial charge is 0.337 e. The van der Waals surface area contributed by atoms with E-state index in [0.717, 1.165) is 17.3 Å². The molecule has 2 atom stereocenters. The number of aromatic nitrogens is 1. The van der Waals surface area contributed by atoms with Gasteiger partial charge in [0.1, 0.15) is 0 Å². The van der Waals surface area contributed by atoms with Crippen LogP contribution in [0.5, 0.6) is 0 Å². The minimum absolute atomic E-state index is 0.284. The zero-order chi connectivity index (χ0) is 17.8. The van der Waals surface area contributed by atoms with Crippen LogP contribution in [0.1, 0.15) is 41.4 Å². The van der Waals surface area contributed by atoms with Gasteiger partial charge in [-0.3, -0.25) is 0 Å². The fourth-order valence-electron chi connectivity index (χ4n) is 3.25. The highest BCUT2D eigenvalue weighted by Gasteiger charge is 2.14. The van der Waals surface area contributed by atoms with Gasteiger partial charge in [-0.1, -0.05) is 30.3 Å². The molecule has 0 saturated carbocycles. The highest BCUT2D eigenvalue weighted by Crippen LogP contribution is 2.22. The fourth-order valence-corrected chi connectivity index (χ4v) is 3.25. The minimum atomic E-state index is -0.307. The van der Waals surface area contributed by atoms with Crippen molar-refractivity contribution in [3.8, 4) is 0 Å². The van der Waals surface area contributed by atoms with Crippen molar-refractivity contribution in [2.24, 2.45) is 0 Å². The number of carbonyl (C=O) groups excluding carboxylic acids is 1. The topological polar surface area (TPSA) is 54.1 Å².